The molecule has 1 heterocycles. The highest BCUT2D eigenvalue weighted by Crippen LogP contribution is 2.23. The number of ether oxygens (including phenoxy) is 1. The van der Waals surface area contributed by atoms with Gasteiger partial charge in [0.1, 0.15) is 0 Å². The molecule has 3 heteroatoms. The molecular formula is C18H15NO2. The van der Waals surface area contributed by atoms with E-state index in [1.807, 2.05) is 49.4 Å². The van der Waals surface area contributed by atoms with Crippen LogP contribution in [0.5, 0.6) is 0 Å². The highest BCUT2D eigenvalue weighted by atomic mass is 16.5. The largest absolute Gasteiger partial charge is 0.465 e. The maximum Gasteiger partial charge on any atom is 0.338 e. The average Bonchev–Trinajstić information content (AvgIpc) is 2.53. The topological polar surface area (TPSA) is 39.2 Å². The predicted octanol–water partition coefficient (Wildman–Crippen LogP) is 4.00. The van der Waals surface area contributed by atoms with E-state index in [0.717, 1.165) is 27.7 Å². The van der Waals surface area contributed by atoms with Crippen molar-refractivity contribution in [1.29, 1.82) is 0 Å². The Labute approximate surface area is 123 Å². The number of para-hydroxylation sites is 1. The van der Waals surface area contributed by atoms with Crippen molar-refractivity contribution in [2.75, 3.05) is 7.11 Å². The molecule has 1 aromatic heterocycles. The van der Waals surface area contributed by atoms with Crippen LogP contribution in [0.1, 0.15) is 15.9 Å². The zero-order valence-corrected chi connectivity index (χ0v) is 12.0. The lowest BCUT2D eigenvalue weighted by Crippen LogP contribution is -2.03. The highest BCUT2D eigenvalue weighted by Gasteiger charge is 2.10. The molecule has 0 fully saturated rings. The molecule has 3 aromatic rings. The maximum absolute atomic E-state index is 11.6. The van der Waals surface area contributed by atoms with Crippen molar-refractivity contribution in [3.05, 3.63) is 65.7 Å². The lowest BCUT2D eigenvalue weighted by molar-refractivity contribution is 0.0600. The smallest absolute Gasteiger partial charge is 0.338 e. The minimum Gasteiger partial charge on any atom is -0.465 e. The summed E-state index contributed by atoms with van der Waals surface area (Å²) in [6.45, 7) is 1.90. The lowest BCUT2D eigenvalue weighted by Gasteiger charge is -2.07. The Hall–Kier alpha value is -2.68. The van der Waals surface area contributed by atoms with Crippen LogP contribution >= 0.6 is 0 Å². The Bertz CT molecular complexity index is 824. The minimum absolute atomic E-state index is 0.314. The Morgan fingerprint density at radius 1 is 1.05 bits per heavy atom. The third kappa shape index (κ3) is 2.50. The second-order valence-corrected chi connectivity index (χ2v) is 4.91. The molecule has 0 radical (unpaired) electrons. The first kappa shape index (κ1) is 13.3. The van der Waals surface area contributed by atoms with Crippen molar-refractivity contribution in [2.45, 2.75) is 6.92 Å². The normalized spacial score (nSPS) is 10.6. The van der Waals surface area contributed by atoms with Gasteiger partial charge in [0.2, 0.25) is 0 Å². The maximum atomic E-state index is 11.6. The van der Waals surface area contributed by atoms with Crippen LogP contribution in [0.3, 0.4) is 0 Å². The number of carbonyl (C=O) groups is 1. The third-order valence-electron chi connectivity index (χ3n) is 3.53. The van der Waals surface area contributed by atoms with Crippen molar-refractivity contribution in [3.8, 4) is 11.3 Å². The standard InChI is InChI=1S/C18H15NO2/c1-12-11-14(7-9-15(12)18(20)21-2)17-10-8-13-5-3-4-6-16(13)19-17/h3-11H,1-2H3. The van der Waals surface area contributed by atoms with Crippen LogP contribution in [0.2, 0.25) is 0 Å². The fourth-order valence-corrected chi connectivity index (χ4v) is 2.39. The van der Waals surface area contributed by atoms with Gasteiger partial charge < -0.3 is 4.74 Å². The molecule has 21 heavy (non-hydrogen) atoms. The highest BCUT2D eigenvalue weighted by molar-refractivity contribution is 5.92. The first-order valence-electron chi connectivity index (χ1n) is 6.74. The van der Waals surface area contributed by atoms with Crippen molar-refractivity contribution >= 4 is 16.9 Å². The Kier molecular flexibility index (Phi) is 3.40. The monoisotopic (exact) mass is 277 g/mol. The van der Waals surface area contributed by atoms with Gasteiger partial charge in [-0.2, -0.15) is 0 Å². The fraction of sp³-hybridized carbons (Fsp3) is 0.111. The molecule has 0 aliphatic rings. The van der Waals surface area contributed by atoms with Crippen LogP contribution in [0.4, 0.5) is 0 Å². The van der Waals surface area contributed by atoms with Gasteiger partial charge >= 0.3 is 5.97 Å². The number of aryl methyl sites for hydroxylation is 1. The zero-order valence-electron chi connectivity index (χ0n) is 12.0. The van der Waals surface area contributed by atoms with Gasteiger partial charge in [-0.25, -0.2) is 9.78 Å². The molecule has 0 atom stereocenters. The second kappa shape index (κ2) is 5.37. The summed E-state index contributed by atoms with van der Waals surface area (Å²) >= 11 is 0. The molecule has 0 saturated heterocycles. The van der Waals surface area contributed by atoms with E-state index < -0.39 is 0 Å². The average molecular weight is 277 g/mol. The number of hydrogen-bond acceptors (Lipinski definition) is 3. The van der Waals surface area contributed by atoms with Crippen LogP contribution in [-0.2, 0) is 4.74 Å². The van der Waals surface area contributed by atoms with E-state index in [9.17, 15) is 4.79 Å². The molecule has 0 saturated carbocycles. The van der Waals surface area contributed by atoms with Gasteiger partial charge in [0.15, 0.2) is 0 Å². The number of pyridine rings is 1. The third-order valence-corrected chi connectivity index (χ3v) is 3.53. The first-order chi connectivity index (χ1) is 10.2. The summed E-state index contributed by atoms with van der Waals surface area (Å²) < 4.78 is 4.77. The number of esters is 1. The number of benzene rings is 2. The summed E-state index contributed by atoms with van der Waals surface area (Å²) in [7, 11) is 1.39. The van der Waals surface area contributed by atoms with Crippen LogP contribution in [0.15, 0.2) is 54.6 Å². The van der Waals surface area contributed by atoms with Crippen LogP contribution < -0.4 is 0 Å². The van der Waals surface area contributed by atoms with Crippen molar-refractivity contribution in [1.82, 2.24) is 4.98 Å². The van der Waals surface area contributed by atoms with Crippen LogP contribution in [0, 0.1) is 6.92 Å². The Balaban J connectivity index is 2.06. The molecule has 0 unspecified atom stereocenters. The fourth-order valence-electron chi connectivity index (χ4n) is 2.39. The summed E-state index contributed by atoms with van der Waals surface area (Å²) in [6.07, 6.45) is 0. The minimum atomic E-state index is -0.314. The van der Waals surface area contributed by atoms with Crippen molar-refractivity contribution in [2.24, 2.45) is 0 Å². The van der Waals surface area contributed by atoms with Gasteiger partial charge in [-0.15, -0.1) is 0 Å². The predicted molar refractivity (Wildman–Crippen MR) is 83.3 cm³/mol. The number of rotatable bonds is 2. The summed E-state index contributed by atoms with van der Waals surface area (Å²) in [5.74, 6) is -0.314. The van der Waals surface area contributed by atoms with Crippen molar-refractivity contribution < 1.29 is 9.53 Å². The van der Waals surface area contributed by atoms with E-state index in [2.05, 4.69) is 11.1 Å². The van der Waals surface area contributed by atoms with E-state index in [1.54, 1.807) is 6.07 Å². The van der Waals surface area contributed by atoms with Gasteiger partial charge in [0.05, 0.1) is 23.9 Å². The lowest BCUT2D eigenvalue weighted by atomic mass is 10.0. The number of hydrogen-bond donors (Lipinski definition) is 0. The SMILES string of the molecule is COC(=O)c1ccc(-c2ccc3ccccc3n2)cc1C. The molecule has 0 amide bonds. The first-order valence-corrected chi connectivity index (χ1v) is 6.74. The molecule has 104 valence electrons. The van der Waals surface area contributed by atoms with E-state index in [1.165, 1.54) is 7.11 Å². The zero-order chi connectivity index (χ0) is 14.8. The van der Waals surface area contributed by atoms with E-state index in [4.69, 9.17) is 4.74 Å². The molecule has 2 aromatic carbocycles. The van der Waals surface area contributed by atoms with Gasteiger partial charge in [0, 0.05) is 10.9 Å². The van der Waals surface area contributed by atoms with E-state index >= 15 is 0 Å². The number of carbonyl (C=O) groups excluding carboxylic acids is 1. The van der Waals surface area contributed by atoms with E-state index in [-0.39, 0.29) is 5.97 Å². The molecule has 0 aliphatic heterocycles. The van der Waals surface area contributed by atoms with Crippen molar-refractivity contribution in [3.63, 3.8) is 0 Å². The summed E-state index contributed by atoms with van der Waals surface area (Å²) in [5.41, 5.74) is 4.32. The Morgan fingerprint density at radius 3 is 2.62 bits per heavy atom. The van der Waals surface area contributed by atoms with Crippen LogP contribution in [-0.4, -0.2) is 18.1 Å². The van der Waals surface area contributed by atoms with E-state index in [0.29, 0.717) is 5.56 Å². The van der Waals surface area contributed by atoms with Gasteiger partial charge in [-0.3, -0.25) is 0 Å². The molecule has 0 spiro atoms. The summed E-state index contributed by atoms with van der Waals surface area (Å²) in [6, 6.07) is 17.7. The number of nitrogens with zero attached hydrogens (tertiary/aromatic N) is 1. The molecule has 3 rings (SSSR count). The summed E-state index contributed by atoms with van der Waals surface area (Å²) in [5, 5.41) is 1.11. The number of fused-ring (bicyclic) bond motifs is 1. The number of methoxy groups -OCH3 is 1. The molecule has 3 nitrogen and oxygen atoms in total. The van der Waals surface area contributed by atoms with Gasteiger partial charge in [0.25, 0.3) is 0 Å². The van der Waals surface area contributed by atoms with Gasteiger partial charge in [-0.1, -0.05) is 30.3 Å². The Morgan fingerprint density at radius 2 is 1.86 bits per heavy atom. The number of aromatic nitrogens is 1. The molecule has 0 aliphatic carbocycles. The molecule has 0 bridgehead atoms. The second-order valence-electron chi connectivity index (χ2n) is 4.91. The van der Waals surface area contributed by atoms with Crippen LogP contribution in [0.25, 0.3) is 22.2 Å². The molecule has 0 N–H and O–H groups in total. The molecular weight excluding hydrogens is 262 g/mol. The summed E-state index contributed by atoms with van der Waals surface area (Å²) in [4.78, 5) is 16.3. The van der Waals surface area contributed by atoms with Gasteiger partial charge in [-0.05, 0) is 36.8 Å². The quantitative estimate of drug-likeness (QED) is 0.665.